The summed E-state index contributed by atoms with van der Waals surface area (Å²) in [5.74, 6) is 0.279. The van der Waals surface area contributed by atoms with Gasteiger partial charge in [0.15, 0.2) is 6.61 Å². The number of carboxylic acid groups (broad SMARTS) is 1. The van der Waals surface area contributed by atoms with Crippen LogP contribution in [0.15, 0.2) is 42.5 Å². The number of rotatable bonds is 7. The van der Waals surface area contributed by atoms with Gasteiger partial charge in [-0.2, -0.15) is 0 Å². The van der Waals surface area contributed by atoms with Gasteiger partial charge in [-0.3, -0.25) is 9.59 Å². The number of esters is 1. The minimum absolute atomic E-state index is 0.000856. The van der Waals surface area contributed by atoms with Crippen LogP contribution in [0.4, 0.5) is 5.69 Å². The molecule has 4 fully saturated rings. The number of methoxy groups -OCH3 is 1. The molecule has 4 aliphatic rings. The average Bonchev–Trinajstić information content (AvgIpc) is 2.83. The van der Waals surface area contributed by atoms with E-state index in [9.17, 15) is 19.5 Å². The van der Waals surface area contributed by atoms with Gasteiger partial charge in [0, 0.05) is 5.69 Å². The van der Waals surface area contributed by atoms with E-state index in [0.29, 0.717) is 28.8 Å². The second-order valence-corrected chi connectivity index (χ2v) is 10.7. The zero-order valence-electron chi connectivity index (χ0n) is 20.1. The molecule has 2 atom stereocenters. The van der Waals surface area contributed by atoms with Crippen LogP contribution in [-0.4, -0.2) is 36.7 Å². The van der Waals surface area contributed by atoms with Crippen molar-refractivity contribution in [2.24, 2.45) is 17.3 Å². The van der Waals surface area contributed by atoms with Crippen LogP contribution in [0.2, 0.25) is 0 Å². The number of amides is 1. The first-order valence-corrected chi connectivity index (χ1v) is 12.2. The predicted octanol–water partition coefficient (Wildman–Crippen LogP) is 4.72. The summed E-state index contributed by atoms with van der Waals surface area (Å²) in [5.41, 5.74) is 1.99. The van der Waals surface area contributed by atoms with E-state index in [0.717, 1.165) is 32.1 Å². The maximum absolute atomic E-state index is 12.7. The van der Waals surface area contributed by atoms with Crippen molar-refractivity contribution in [1.29, 1.82) is 0 Å². The number of carbonyl (C=O) groups is 3. The van der Waals surface area contributed by atoms with Crippen molar-refractivity contribution in [2.45, 2.75) is 50.9 Å². The maximum atomic E-state index is 12.7. The molecule has 4 aliphatic carbocycles. The van der Waals surface area contributed by atoms with Crippen LogP contribution in [0.3, 0.4) is 0 Å². The Labute approximate surface area is 204 Å². The van der Waals surface area contributed by atoms with E-state index in [-0.39, 0.29) is 34.9 Å². The number of aromatic carboxylic acids is 1. The molecule has 7 nitrogen and oxygen atoms in total. The third-order valence-corrected chi connectivity index (χ3v) is 8.35. The Bertz CT molecular complexity index is 1160. The number of carbonyl (C=O) groups excluding carboxylic acids is 2. The molecule has 0 aliphatic heterocycles. The van der Waals surface area contributed by atoms with E-state index in [1.165, 1.54) is 25.2 Å². The minimum atomic E-state index is -1.04. The molecule has 2 unspecified atom stereocenters. The monoisotopic (exact) mass is 477 g/mol. The lowest BCUT2D eigenvalue weighted by atomic mass is 9.43. The number of anilines is 1. The average molecular weight is 478 g/mol. The summed E-state index contributed by atoms with van der Waals surface area (Å²) in [6.07, 6.45) is 6.17. The maximum Gasteiger partial charge on any atom is 0.336 e. The molecule has 184 valence electrons. The summed E-state index contributed by atoms with van der Waals surface area (Å²) in [6, 6.07) is 12.7. The highest BCUT2D eigenvalue weighted by atomic mass is 16.5. The van der Waals surface area contributed by atoms with Crippen LogP contribution < -0.4 is 10.1 Å². The Morgan fingerprint density at radius 2 is 1.71 bits per heavy atom. The van der Waals surface area contributed by atoms with Crippen molar-refractivity contribution in [2.75, 3.05) is 19.0 Å². The first-order chi connectivity index (χ1) is 16.7. The van der Waals surface area contributed by atoms with Gasteiger partial charge in [-0.1, -0.05) is 18.2 Å². The zero-order valence-corrected chi connectivity index (χ0v) is 20.1. The Balaban J connectivity index is 1.25. The fourth-order valence-electron chi connectivity index (χ4n) is 7.30. The zero-order chi connectivity index (χ0) is 24.8. The van der Waals surface area contributed by atoms with Crippen LogP contribution in [0, 0.1) is 24.2 Å². The first-order valence-electron chi connectivity index (χ1n) is 12.2. The molecule has 4 saturated carbocycles. The summed E-state index contributed by atoms with van der Waals surface area (Å²) >= 11 is 0. The first kappa shape index (κ1) is 23.4. The molecule has 2 aromatic rings. The van der Waals surface area contributed by atoms with E-state index >= 15 is 0 Å². The van der Waals surface area contributed by atoms with Gasteiger partial charge in [0.2, 0.25) is 0 Å². The molecule has 35 heavy (non-hydrogen) atoms. The highest BCUT2D eigenvalue weighted by Crippen LogP contribution is 2.66. The largest absolute Gasteiger partial charge is 0.484 e. The number of carboxylic acids is 1. The van der Waals surface area contributed by atoms with E-state index in [1.54, 1.807) is 19.1 Å². The number of benzene rings is 2. The van der Waals surface area contributed by atoms with Gasteiger partial charge in [-0.25, -0.2) is 4.79 Å². The van der Waals surface area contributed by atoms with E-state index < -0.39 is 5.97 Å². The predicted molar refractivity (Wildman–Crippen MR) is 130 cm³/mol. The van der Waals surface area contributed by atoms with Gasteiger partial charge in [0.1, 0.15) is 5.75 Å². The smallest absolute Gasteiger partial charge is 0.336 e. The number of hydrogen-bond donors (Lipinski definition) is 2. The van der Waals surface area contributed by atoms with Crippen molar-refractivity contribution in [3.05, 3.63) is 59.2 Å². The lowest BCUT2D eigenvalue weighted by molar-refractivity contribution is -0.171. The SMILES string of the molecule is COC(=O)C12CC3CC(C1)CC(c1ccc(OCC(=O)Nc4cccc(C(=O)O)c4C)cc1)(C3)C2. The fourth-order valence-corrected chi connectivity index (χ4v) is 7.30. The molecule has 0 saturated heterocycles. The molecule has 7 heteroatoms. The van der Waals surface area contributed by atoms with E-state index in [1.807, 2.05) is 12.1 Å². The third-order valence-electron chi connectivity index (χ3n) is 8.35. The Morgan fingerprint density at radius 1 is 1.03 bits per heavy atom. The van der Waals surface area contributed by atoms with Gasteiger partial charge in [-0.15, -0.1) is 0 Å². The lowest BCUT2D eigenvalue weighted by Crippen LogP contribution is -2.57. The minimum Gasteiger partial charge on any atom is -0.484 e. The topological polar surface area (TPSA) is 102 Å². The molecule has 0 aromatic heterocycles. The van der Waals surface area contributed by atoms with Crippen molar-refractivity contribution in [1.82, 2.24) is 0 Å². The van der Waals surface area contributed by atoms with Crippen LogP contribution in [-0.2, 0) is 19.7 Å². The van der Waals surface area contributed by atoms with Crippen molar-refractivity contribution in [3.8, 4) is 5.75 Å². The molecule has 2 N–H and O–H groups in total. The van der Waals surface area contributed by atoms with Gasteiger partial charge < -0.3 is 19.9 Å². The molecule has 2 aromatic carbocycles. The Kier molecular flexibility index (Phi) is 5.82. The van der Waals surface area contributed by atoms with E-state index in [4.69, 9.17) is 9.47 Å². The highest BCUT2D eigenvalue weighted by Gasteiger charge is 2.61. The molecule has 4 bridgehead atoms. The van der Waals surface area contributed by atoms with E-state index in [2.05, 4.69) is 17.4 Å². The Morgan fingerprint density at radius 3 is 2.34 bits per heavy atom. The lowest BCUT2D eigenvalue weighted by Gasteiger charge is -2.61. The summed E-state index contributed by atoms with van der Waals surface area (Å²) in [7, 11) is 1.50. The molecule has 1 amide bonds. The van der Waals surface area contributed by atoms with Crippen LogP contribution in [0.25, 0.3) is 0 Å². The summed E-state index contributed by atoms with van der Waals surface area (Å²) in [4.78, 5) is 36.5. The second kappa shape index (κ2) is 8.70. The van der Waals surface area contributed by atoms with Crippen LogP contribution >= 0.6 is 0 Å². The quantitative estimate of drug-likeness (QED) is 0.560. The summed E-state index contributed by atoms with van der Waals surface area (Å²) < 4.78 is 10.9. The van der Waals surface area contributed by atoms with Crippen LogP contribution in [0.5, 0.6) is 5.75 Å². The molecular weight excluding hydrogens is 446 g/mol. The number of hydrogen-bond acceptors (Lipinski definition) is 5. The standard InChI is InChI=1S/C28H31NO6/c1-17-22(25(31)32)4-3-5-23(17)29-24(30)15-35-21-8-6-20(7-9-21)27-11-18-10-19(12-27)14-28(13-18,16-27)26(33)34-2/h3-9,18-19H,10-16H2,1-2H3,(H,29,30)(H,31,32). The summed E-state index contributed by atoms with van der Waals surface area (Å²) in [6.45, 7) is 1.48. The number of ether oxygens (including phenoxy) is 2. The van der Waals surface area contributed by atoms with Gasteiger partial charge in [0.05, 0.1) is 18.1 Å². The molecule has 0 spiro atoms. The van der Waals surface area contributed by atoms with Crippen molar-refractivity contribution in [3.63, 3.8) is 0 Å². The van der Waals surface area contributed by atoms with Crippen LogP contribution in [0.1, 0.15) is 60.0 Å². The fraction of sp³-hybridized carbons (Fsp3) is 0.464. The summed E-state index contributed by atoms with van der Waals surface area (Å²) in [5, 5.41) is 12.0. The highest BCUT2D eigenvalue weighted by molar-refractivity contribution is 5.96. The molecule has 6 rings (SSSR count). The molecule has 0 heterocycles. The van der Waals surface area contributed by atoms with Gasteiger partial charge >= 0.3 is 11.9 Å². The molecular formula is C28H31NO6. The molecule has 0 radical (unpaired) electrons. The van der Waals surface area contributed by atoms with Gasteiger partial charge in [0.25, 0.3) is 5.91 Å². The Hall–Kier alpha value is -3.35. The second-order valence-electron chi connectivity index (χ2n) is 10.7. The van der Waals surface area contributed by atoms with Crippen molar-refractivity contribution < 1.29 is 29.0 Å². The van der Waals surface area contributed by atoms with Crippen molar-refractivity contribution >= 4 is 23.5 Å². The number of nitrogens with one attached hydrogen (secondary N) is 1. The van der Waals surface area contributed by atoms with Gasteiger partial charge in [-0.05, 0) is 98.1 Å². The normalized spacial score (nSPS) is 28.4. The third kappa shape index (κ3) is 4.17.